The van der Waals surface area contributed by atoms with Gasteiger partial charge in [-0.2, -0.15) is 0 Å². The number of ether oxygens (including phenoxy) is 5. The molecule has 5 aliphatic rings. The molecule has 2 N–H and O–H groups in total. The second-order valence-electron chi connectivity index (χ2n) is 15.2. The lowest BCUT2D eigenvalue weighted by Crippen LogP contribution is -2.70. The first-order valence-corrected chi connectivity index (χ1v) is 20.1. The first-order valence-electron chi connectivity index (χ1n) is 20.1. The Labute approximate surface area is 324 Å². The van der Waals surface area contributed by atoms with Gasteiger partial charge in [-0.3, -0.25) is 9.69 Å². The molecule has 3 aliphatic heterocycles. The molecule has 3 heterocycles. The van der Waals surface area contributed by atoms with Gasteiger partial charge < -0.3 is 43.6 Å². The molecule has 1 saturated carbocycles. The molecule has 2 aromatic carbocycles. The van der Waals surface area contributed by atoms with Crippen molar-refractivity contribution in [3.8, 4) is 23.0 Å². The third-order valence-corrected chi connectivity index (χ3v) is 11.8. The van der Waals surface area contributed by atoms with Crippen molar-refractivity contribution < 1.29 is 43.5 Å². The minimum Gasteiger partial charge on any atom is -0.492 e. The van der Waals surface area contributed by atoms with Crippen LogP contribution in [-0.4, -0.2) is 110 Å². The first-order chi connectivity index (χ1) is 27.0. The standard InChI is InChI=1S/C43H57N3O9/c1-4-16-46(42(49)30-12-14-37-38(25-30)53-28-52-37)39-27-35(44-50-3)33-24-29(10-6-8-20-47)32(11-7-9-21-48)40-34-26-31(51-23-19-45-17-18-45)13-15-36(34)55-43(39,41(33)40)54-22-5-2/h5,12-15,24-26,29,32,39-41,47-48H,2,4,6-11,16-23,27-28H2,1,3H3. The molecule has 6 unspecified atom stereocenters. The molecule has 0 spiro atoms. The summed E-state index contributed by atoms with van der Waals surface area (Å²) in [7, 11) is 1.56. The third kappa shape index (κ3) is 8.10. The number of amides is 1. The monoisotopic (exact) mass is 759 g/mol. The Morgan fingerprint density at radius 1 is 1.05 bits per heavy atom. The van der Waals surface area contributed by atoms with Gasteiger partial charge in [0.25, 0.3) is 5.91 Å². The second-order valence-corrected chi connectivity index (χ2v) is 15.2. The Balaban J connectivity index is 1.40. The Morgan fingerprint density at radius 2 is 1.84 bits per heavy atom. The van der Waals surface area contributed by atoms with Crippen LogP contribution in [0, 0.1) is 17.8 Å². The summed E-state index contributed by atoms with van der Waals surface area (Å²) in [6.45, 7) is 10.8. The topological polar surface area (TPSA) is 132 Å². The highest BCUT2D eigenvalue weighted by molar-refractivity contribution is 6.03. The largest absolute Gasteiger partial charge is 0.492 e. The molecule has 2 fully saturated rings. The van der Waals surface area contributed by atoms with E-state index in [1.807, 2.05) is 17.0 Å². The van der Waals surface area contributed by atoms with E-state index in [1.165, 1.54) is 0 Å². The molecule has 6 atom stereocenters. The summed E-state index contributed by atoms with van der Waals surface area (Å²) in [5.41, 5.74) is 3.29. The zero-order valence-electron chi connectivity index (χ0n) is 32.3. The van der Waals surface area contributed by atoms with Crippen molar-refractivity contribution in [1.82, 2.24) is 9.80 Å². The maximum Gasteiger partial charge on any atom is 0.254 e. The number of carbonyl (C=O) groups is 1. The number of benzene rings is 2. The van der Waals surface area contributed by atoms with Crippen molar-refractivity contribution in [1.29, 1.82) is 0 Å². The number of allylic oxidation sites excluding steroid dienone is 1. The van der Waals surface area contributed by atoms with Crippen molar-refractivity contribution in [3.05, 3.63) is 71.8 Å². The average Bonchev–Trinajstić information content (AvgIpc) is 3.90. The van der Waals surface area contributed by atoms with Gasteiger partial charge in [0, 0.05) is 62.9 Å². The zero-order chi connectivity index (χ0) is 38.4. The number of hydrogen-bond acceptors (Lipinski definition) is 11. The summed E-state index contributed by atoms with van der Waals surface area (Å²) in [6, 6.07) is 10.8. The molecular weight excluding hydrogens is 702 g/mol. The number of fused-ring (bicyclic) bond motifs is 3. The molecule has 2 aliphatic carbocycles. The highest BCUT2D eigenvalue weighted by Gasteiger charge is 2.65. The van der Waals surface area contributed by atoms with Crippen LogP contribution in [0.15, 0.2) is 65.9 Å². The second kappa shape index (κ2) is 17.8. The van der Waals surface area contributed by atoms with Crippen LogP contribution in [0.25, 0.3) is 0 Å². The molecule has 1 saturated heterocycles. The van der Waals surface area contributed by atoms with Gasteiger partial charge in [0.1, 0.15) is 31.3 Å². The minimum atomic E-state index is -1.32. The summed E-state index contributed by atoms with van der Waals surface area (Å²) in [4.78, 5) is 24.7. The first kappa shape index (κ1) is 39.1. The van der Waals surface area contributed by atoms with E-state index < -0.39 is 11.8 Å². The van der Waals surface area contributed by atoms with Crippen LogP contribution in [0.5, 0.6) is 23.0 Å². The Kier molecular flexibility index (Phi) is 12.7. The highest BCUT2D eigenvalue weighted by Crippen LogP contribution is 2.62. The quantitative estimate of drug-likeness (QED) is 0.0726. The summed E-state index contributed by atoms with van der Waals surface area (Å²) in [5.74, 6) is 0.935. The van der Waals surface area contributed by atoms with E-state index in [1.54, 1.807) is 31.4 Å². The number of aliphatic hydroxyl groups is 2. The molecule has 0 radical (unpaired) electrons. The van der Waals surface area contributed by atoms with Gasteiger partial charge in [0.2, 0.25) is 12.6 Å². The smallest absolute Gasteiger partial charge is 0.254 e. The normalized spacial score (nSPS) is 26.7. The fraction of sp³-hybridized carbons (Fsp3) is 0.581. The number of nitrogens with zero attached hydrogens (tertiary/aromatic N) is 3. The molecule has 2 aromatic rings. The molecule has 12 nitrogen and oxygen atoms in total. The molecule has 55 heavy (non-hydrogen) atoms. The van der Waals surface area contributed by atoms with E-state index in [0.29, 0.717) is 61.6 Å². The van der Waals surface area contributed by atoms with Crippen molar-refractivity contribution >= 4 is 11.6 Å². The van der Waals surface area contributed by atoms with Gasteiger partial charge in [-0.1, -0.05) is 37.1 Å². The molecule has 12 heteroatoms. The number of aliphatic hydroxyl groups excluding tert-OH is 2. The van der Waals surface area contributed by atoms with Crippen molar-refractivity contribution in [2.45, 2.75) is 76.0 Å². The van der Waals surface area contributed by atoms with Gasteiger partial charge in [-0.15, -0.1) is 6.58 Å². The van der Waals surface area contributed by atoms with Crippen LogP contribution in [0.4, 0.5) is 0 Å². The van der Waals surface area contributed by atoms with Crippen LogP contribution in [-0.2, 0) is 9.57 Å². The summed E-state index contributed by atoms with van der Waals surface area (Å²) >= 11 is 0. The summed E-state index contributed by atoms with van der Waals surface area (Å²) < 4.78 is 32.0. The molecule has 0 bridgehead atoms. The molecule has 7 rings (SSSR count). The van der Waals surface area contributed by atoms with Crippen molar-refractivity contribution in [3.63, 3.8) is 0 Å². The van der Waals surface area contributed by atoms with Gasteiger partial charge in [-0.25, -0.2) is 0 Å². The Morgan fingerprint density at radius 3 is 2.58 bits per heavy atom. The van der Waals surface area contributed by atoms with Gasteiger partial charge in [0.05, 0.1) is 18.2 Å². The van der Waals surface area contributed by atoms with Crippen LogP contribution >= 0.6 is 0 Å². The Hall–Kier alpha value is -4.10. The predicted octanol–water partition coefficient (Wildman–Crippen LogP) is 5.93. The van der Waals surface area contributed by atoms with Crippen molar-refractivity contribution in [2.75, 3.05) is 66.5 Å². The highest BCUT2D eigenvalue weighted by atomic mass is 16.7. The number of oxime groups is 1. The number of unbranched alkanes of at least 4 members (excludes halogenated alkanes) is 2. The van der Waals surface area contributed by atoms with Crippen molar-refractivity contribution in [2.24, 2.45) is 22.9 Å². The predicted molar refractivity (Wildman–Crippen MR) is 208 cm³/mol. The summed E-state index contributed by atoms with van der Waals surface area (Å²) in [5, 5.41) is 24.4. The lowest BCUT2D eigenvalue weighted by atomic mass is 9.55. The molecule has 298 valence electrons. The fourth-order valence-corrected chi connectivity index (χ4v) is 9.27. The number of hydrogen-bond donors (Lipinski definition) is 2. The van der Waals surface area contributed by atoms with Gasteiger partial charge >= 0.3 is 0 Å². The van der Waals surface area contributed by atoms with Crippen LogP contribution in [0.2, 0.25) is 0 Å². The zero-order valence-corrected chi connectivity index (χ0v) is 32.3. The van der Waals surface area contributed by atoms with Gasteiger partial charge in [0.15, 0.2) is 11.5 Å². The average molecular weight is 760 g/mol. The van der Waals surface area contributed by atoms with Crippen LogP contribution < -0.4 is 18.9 Å². The molecular formula is C43H57N3O9. The van der Waals surface area contributed by atoms with E-state index >= 15 is 0 Å². The third-order valence-electron chi connectivity index (χ3n) is 11.8. The molecule has 0 aromatic heterocycles. The molecule has 1 amide bonds. The maximum atomic E-state index is 14.9. The fourth-order valence-electron chi connectivity index (χ4n) is 9.27. The SMILES string of the molecule is C=CCOC12Oc3ccc(OCCN4CC4)cc3C3C(CCCCO)C(CCCCO)C=C(C(=NOC)CC1N(CCC)C(=O)c1ccc4c(c1)OCO4)C32. The maximum absolute atomic E-state index is 14.9. The van der Waals surface area contributed by atoms with E-state index in [0.717, 1.165) is 67.9 Å². The van der Waals surface area contributed by atoms with E-state index in [9.17, 15) is 15.0 Å². The van der Waals surface area contributed by atoms with Crippen LogP contribution in [0.3, 0.4) is 0 Å². The van der Waals surface area contributed by atoms with E-state index in [4.69, 9.17) is 28.5 Å². The number of rotatable bonds is 20. The minimum absolute atomic E-state index is 0.112. The van der Waals surface area contributed by atoms with E-state index in [-0.39, 0.29) is 56.2 Å². The summed E-state index contributed by atoms with van der Waals surface area (Å²) in [6.07, 6.45) is 9.99. The Bertz CT molecular complexity index is 1730. The van der Waals surface area contributed by atoms with Gasteiger partial charge in [-0.05, 0) is 85.9 Å². The van der Waals surface area contributed by atoms with E-state index in [2.05, 4.69) is 35.7 Å². The number of carbonyl (C=O) groups excluding carboxylic acids is 1. The lowest BCUT2D eigenvalue weighted by Gasteiger charge is -2.60. The van der Waals surface area contributed by atoms with Crippen LogP contribution in [0.1, 0.15) is 80.1 Å². The lowest BCUT2D eigenvalue weighted by molar-refractivity contribution is -0.254.